The van der Waals surface area contributed by atoms with Gasteiger partial charge in [-0.25, -0.2) is 0 Å². The summed E-state index contributed by atoms with van der Waals surface area (Å²) < 4.78 is 0.554. The maximum atomic E-state index is 2.58. The summed E-state index contributed by atoms with van der Waals surface area (Å²) in [6.45, 7) is 12.3. The van der Waals surface area contributed by atoms with Crippen LogP contribution in [0.3, 0.4) is 0 Å². The Morgan fingerprint density at radius 1 is 0.833 bits per heavy atom. The zero-order chi connectivity index (χ0) is 13.6. The Bertz CT molecular complexity index is 270. The molecule has 1 heteroatoms. The van der Waals surface area contributed by atoms with Gasteiger partial charge < -0.3 is 0 Å². The van der Waals surface area contributed by atoms with Gasteiger partial charge in [-0.15, -0.1) is 0 Å². The summed E-state index contributed by atoms with van der Waals surface area (Å²) in [4.78, 5) is 4.67. The van der Waals surface area contributed by atoms with E-state index in [1.54, 1.807) is 14.4 Å². The maximum absolute atomic E-state index is 2.58. The van der Waals surface area contributed by atoms with Crippen molar-refractivity contribution in [1.82, 2.24) is 0 Å². The fraction of sp³-hybridized carbons (Fsp3) is 0.765. The summed E-state index contributed by atoms with van der Waals surface area (Å²) in [6.07, 6.45) is 13.6. The molecule has 0 N–H and O–H groups in total. The number of hydrogen-bond donors (Lipinski definition) is 0. The van der Waals surface area contributed by atoms with Crippen LogP contribution in [0, 0.1) is 5.92 Å². The first-order chi connectivity index (χ1) is 8.54. The summed E-state index contributed by atoms with van der Waals surface area (Å²) in [5.41, 5.74) is 0. The average Bonchev–Trinajstić information content (AvgIpc) is 2.83. The van der Waals surface area contributed by atoms with Gasteiger partial charge in [-0.1, -0.05) is 0 Å². The first kappa shape index (κ1) is 16.2. The molecular formula is C17H32Pt. The third kappa shape index (κ3) is 3.19. The number of rotatable bonds is 8. The number of allylic oxidation sites excluding steroid dienone is 4. The van der Waals surface area contributed by atoms with Crippen molar-refractivity contribution in [3.63, 3.8) is 0 Å². The Morgan fingerprint density at radius 3 is 1.56 bits per heavy atom. The van der Waals surface area contributed by atoms with Crippen molar-refractivity contribution in [1.29, 1.82) is 0 Å². The van der Waals surface area contributed by atoms with Crippen molar-refractivity contribution in [2.45, 2.75) is 72.1 Å². The van der Waals surface area contributed by atoms with Crippen LogP contribution in [0.4, 0.5) is 0 Å². The van der Waals surface area contributed by atoms with Crippen molar-refractivity contribution in [2.24, 2.45) is 5.92 Å². The molecule has 0 saturated carbocycles. The zero-order valence-electron chi connectivity index (χ0n) is 12.9. The van der Waals surface area contributed by atoms with Gasteiger partial charge in [0, 0.05) is 0 Å². The molecule has 0 aromatic heterocycles. The normalized spacial score (nSPS) is 17.6. The van der Waals surface area contributed by atoms with Crippen LogP contribution in [0.5, 0.6) is 0 Å². The summed E-state index contributed by atoms with van der Waals surface area (Å²) >= 11 is -1.70. The molecule has 0 fully saturated rings. The van der Waals surface area contributed by atoms with E-state index in [-0.39, 0.29) is 0 Å². The van der Waals surface area contributed by atoms with E-state index in [9.17, 15) is 0 Å². The molecule has 1 aliphatic carbocycles. The number of hydrogen-bond acceptors (Lipinski definition) is 0. The molecule has 0 atom stereocenters. The van der Waals surface area contributed by atoms with Crippen molar-refractivity contribution in [3.05, 3.63) is 24.3 Å². The first-order valence-corrected chi connectivity index (χ1v) is 13.4. The van der Waals surface area contributed by atoms with Gasteiger partial charge in [0.1, 0.15) is 0 Å². The van der Waals surface area contributed by atoms with Gasteiger partial charge in [-0.3, -0.25) is 0 Å². The second-order valence-corrected chi connectivity index (χ2v) is 17.7. The van der Waals surface area contributed by atoms with E-state index in [0.29, 0.717) is 9.72 Å². The van der Waals surface area contributed by atoms with Crippen molar-refractivity contribution >= 4 is 0 Å². The van der Waals surface area contributed by atoms with E-state index in [1.165, 1.54) is 19.3 Å². The van der Waals surface area contributed by atoms with Gasteiger partial charge in [0.25, 0.3) is 0 Å². The van der Waals surface area contributed by atoms with Crippen LogP contribution in [0.1, 0.15) is 53.9 Å². The summed E-state index contributed by atoms with van der Waals surface area (Å²) in [5, 5.41) is 0. The van der Waals surface area contributed by atoms with Gasteiger partial charge in [-0.05, 0) is 0 Å². The average molecular weight is 432 g/mol. The standard InChI is InChI=1S/C8H11.3C3H7.Pt/c1-7(2)8-5-3-4-6-8;3*1-3-2;/h3-6,8H,1-2H3;3*1,3H2,2H3;. The Labute approximate surface area is 118 Å². The fourth-order valence-electron chi connectivity index (χ4n) is 2.86. The molecule has 0 unspecified atom stereocenters. The van der Waals surface area contributed by atoms with Crippen molar-refractivity contribution in [3.8, 4) is 0 Å². The molecule has 0 aromatic rings. The van der Waals surface area contributed by atoms with E-state index in [4.69, 9.17) is 0 Å². The van der Waals surface area contributed by atoms with Gasteiger partial charge >= 0.3 is 118 Å². The zero-order valence-corrected chi connectivity index (χ0v) is 15.2. The predicted molar refractivity (Wildman–Crippen MR) is 81.1 cm³/mol. The minimum absolute atomic E-state index is 0.554. The molecule has 0 amide bonds. The molecule has 0 aromatic carbocycles. The van der Waals surface area contributed by atoms with Crippen molar-refractivity contribution < 1.29 is 16.1 Å². The van der Waals surface area contributed by atoms with Crippen LogP contribution in [0.2, 0.25) is 18.2 Å². The van der Waals surface area contributed by atoms with E-state index < -0.39 is 16.1 Å². The van der Waals surface area contributed by atoms with Crippen LogP contribution in [-0.4, -0.2) is 0 Å². The van der Waals surface area contributed by atoms with E-state index >= 15 is 0 Å². The van der Waals surface area contributed by atoms with Crippen LogP contribution in [0.15, 0.2) is 24.3 Å². The molecule has 0 nitrogen and oxygen atoms in total. The Morgan fingerprint density at radius 2 is 1.22 bits per heavy atom. The van der Waals surface area contributed by atoms with Gasteiger partial charge in [0.15, 0.2) is 0 Å². The molecule has 110 valence electrons. The predicted octanol–water partition coefficient (Wildman–Crippen LogP) is 6.57. The third-order valence-corrected chi connectivity index (χ3v) is 20.7. The fourth-order valence-corrected chi connectivity index (χ4v) is 17.5. The van der Waals surface area contributed by atoms with E-state index in [2.05, 4.69) is 58.9 Å². The molecular weight excluding hydrogens is 399 g/mol. The first-order valence-electron chi connectivity index (χ1n) is 7.41. The second-order valence-electron chi connectivity index (χ2n) is 5.56. The van der Waals surface area contributed by atoms with Crippen molar-refractivity contribution in [2.75, 3.05) is 0 Å². The Balaban J connectivity index is 3.04. The molecule has 0 bridgehead atoms. The van der Waals surface area contributed by atoms with Crippen LogP contribution in [-0.2, 0) is 16.1 Å². The molecule has 0 spiro atoms. The minimum atomic E-state index is -1.70. The van der Waals surface area contributed by atoms with Crippen LogP contribution < -0.4 is 0 Å². The van der Waals surface area contributed by atoms with Gasteiger partial charge in [-0.2, -0.15) is 0 Å². The summed E-state index contributed by atoms with van der Waals surface area (Å²) in [6, 6.07) is 0. The van der Waals surface area contributed by atoms with Crippen LogP contribution >= 0.6 is 0 Å². The molecule has 1 rings (SSSR count). The second kappa shape index (κ2) is 7.09. The summed E-state index contributed by atoms with van der Waals surface area (Å²) in [5.74, 6) is 0.707. The monoisotopic (exact) mass is 431 g/mol. The SMILES string of the molecule is CC[CH2][Pt]([CH2]CC)([CH2]CC)[C](C)(C)C1C=CC=C1. The van der Waals surface area contributed by atoms with Gasteiger partial charge in [0.05, 0.1) is 0 Å². The third-order valence-electron chi connectivity index (χ3n) is 3.77. The summed E-state index contributed by atoms with van der Waals surface area (Å²) in [7, 11) is 0. The Hall–Kier alpha value is 0.168. The molecule has 0 saturated heterocycles. The molecule has 18 heavy (non-hydrogen) atoms. The van der Waals surface area contributed by atoms with Crippen LogP contribution in [0.25, 0.3) is 0 Å². The Kier molecular flexibility index (Phi) is 6.39. The molecule has 0 radical (unpaired) electrons. The quantitative estimate of drug-likeness (QED) is 0.408. The molecule has 1 aliphatic rings. The van der Waals surface area contributed by atoms with E-state index in [0.717, 1.165) is 0 Å². The van der Waals surface area contributed by atoms with Gasteiger partial charge in [0.2, 0.25) is 0 Å². The molecule has 0 aliphatic heterocycles. The molecule has 0 heterocycles. The topological polar surface area (TPSA) is 0 Å². The van der Waals surface area contributed by atoms with E-state index in [1.807, 2.05) is 0 Å².